The number of aryl methyl sites for hydroxylation is 1. The third-order valence-corrected chi connectivity index (χ3v) is 4.94. The number of fused-ring (bicyclic) bond motifs is 1. The Morgan fingerprint density at radius 1 is 1.37 bits per heavy atom. The Morgan fingerprint density at radius 2 is 2.11 bits per heavy atom. The minimum Gasteiger partial charge on any atom is -0.348 e. The van der Waals surface area contributed by atoms with E-state index < -0.39 is 0 Å². The second-order valence-electron chi connectivity index (χ2n) is 8.62. The first-order valence-corrected chi connectivity index (χ1v) is 9.76. The molecule has 0 spiro atoms. The summed E-state index contributed by atoms with van der Waals surface area (Å²) in [5, 5.41) is 12.0. The van der Waals surface area contributed by atoms with E-state index in [-0.39, 0.29) is 17.4 Å². The summed E-state index contributed by atoms with van der Waals surface area (Å²) < 4.78 is 1.94. The normalized spacial score (nSPS) is 15.3. The quantitative estimate of drug-likeness (QED) is 0.812. The number of nitrogens with zero attached hydrogens (tertiary/aromatic N) is 3. The van der Waals surface area contributed by atoms with Gasteiger partial charge in [-0.3, -0.25) is 4.79 Å². The molecule has 0 unspecified atom stereocenters. The average Bonchev–Trinajstić information content (AvgIpc) is 2.97. The van der Waals surface area contributed by atoms with Gasteiger partial charge in [0.25, 0.3) is 5.91 Å². The van der Waals surface area contributed by atoms with Crippen LogP contribution in [0.2, 0.25) is 0 Å². The Kier molecular flexibility index (Phi) is 5.38. The van der Waals surface area contributed by atoms with Gasteiger partial charge in [-0.25, -0.2) is 9.67 Å². The van der Waals surface area contributed by atoms with Crippen molar-refractivity contribution in [2.75, 3.05) is 19.6 Å². The smallest absolute Gasteiger partial charge is 0.252 e. The molecular formula is C21H31N5O. The van der Waals surface area contributed by atoms with Crippen LogP contribution in [0.15, 0.2) is 17.7 Å². The van der Waals surface area contributed by atoms with E-state index in [1.165, 1.54) is 5.57 Å². The maximum Gasteiger partial charge on any atom is 0.252 e. The zero-order valence-corrected chi connectivity index (χ0v) is 17.3. The predicted octanol–water partition coefficient (Wildman–Crippen LogP) is 3.27. The van der Waals surface area contributed by atoms with Crippen LogP contribution in [0.25, 0.3) is 11.0 Å². The minimum atomic E-state index is -0.206. The average molecular weight is 370 g/mol. The second kappa shape index (κ2) is 7.43. The van der Waals surface area contributed by atoms with Gasteiger partial charge < -0.3 is 10.6 Å². The van der Waals surface area contributed by atoms with E-state index in [0.717, 1.165) is 41.9 Å². The van der Waals surface area contributed by atoms with E-state index in [2.05, 4.69) is 51.3 Å². The number of nitrogens with one attached hydrogen (secondary N) is 2. The number of hydrogen-bond acceptors (Lipinski definition) is 4. The lowest BCUT2D eigenvalue weighted by molar-refractivity contribution is 0.0958. The van der Waals surface area contributed by atoms with Crippen molar-refractivity contribution in [2.45, 2.75) is 59.4 Å². The van der Waals surface area contributed by atoms with Crippen molar-refractivity contribution < 1.29 is 4.79 Å². The first-order chi connectivity index (χ1) is 12.7. The second-order valence-corrected chi connectivity index (χ2v) is 8.62. The van der Waals surface area contributed by atoms with Crippen LogP contribution in [0.1, 0.15) is 68.7 Å². The maximum atomic E-state index is 13.1. The summed E-state index contributed by atoms with van der Waals surface area (Å²) in [6.45, 7) is 14.9. The summed E-state index contributed by atoms with van der Waals surface area (Å²) in [7, 11) is 0. The van der Waals surface area contributed by atoms with Crippen LogP contribution >= 0.6 is 0 Å². The Hall–Kier alpha value is -2.21. The van der Waals surface area contributed by atoms with Crippen molar-refractivity contribution in [1.29, 1.82) is 0 Å². The Morgan fingerprint density at radius 3 is 2.70 bits per heavy atom. The molecule has 0 saturated carbocycles. The molecule has 2 N–H and O–H groups in total. The number of hydrogen-bond donors (Lipinski definition) is 2. The summed E-state index contributed by atoms with van der Waals surface area (Å²) in [4.78, 5) is 17.9. The molecule has 1 aliphatic rings. The number of carbonyl (C=O) groups excluding carboxylic acids is 1. The van der Waals surface area contributed by atoms with Crippen LogP contribution < -0.4 is 10.6 Å². The van der Waals surface area contributed by atoms with Gasteiger partial charge in [0.05, 0.1) is 22.2 Å². The zero-order valence-electron chi connectivity index (χ0n) is 17.3. The van der Waals surface area contributed by atoms with Crippen molar-refractivity contribution in [3.63, 3.8) is 0 Å². The molecule has 0 atom stereocenters. The molecule has 3 rings (SSSR count). The summed E-state index contributed by atoms with van der Waals surface area (Å²) >= 11 is 0. The molecular weight excluding hydrogens is 338 g/mol. The molecule has 0 aliphatic carbocycles. The van der Waals surface area contributed by atoms with Crippen LogP contribution in [-0.4, -0.2) is 40.3 Å². The molecule has 0 saturated heterocycles. The topological polar surface area (TPSA) is 71.8 Å². The Balaban J connectivity index is 2.03. The fourth-order valence-corrected chi connectivity index (χ4v) is 3.37. The van der Waals surface area contributed by atoms with Crippen molar-refractivity contribution in [3.8, 4) is 0 Å². The molecule has 0 radical (unpaired) electrons. The van der Waals surface area contributed by atoms with Gasteiger partial charge >= 0.3 is 0 Å². The predicted molar refractivity (Wildman–Crippen MR) is 109 cm³/mol. The van der Waals surface area contributed by atoms with Gasteiger partial charge in [-0.2, -0.15) is 5.10 Å². The van der Waals surface area contributed by atoms with Crippen LogP contribution in [-0.2, 0) is 5.54 Å². The molecule has 27 heavy (non-hydrogen) atoms. The minimum absolute atomic E-state index is 0.0553. The van der Waals surface area contributed by atoms with E-state index in [4.69, 9.17) is 10.1 Å². The lowest BCUT2D eigenvalue weighted by atomic mass is 10.0. The molecule has 0 aromatic carbocycles. The molecule has 2 aromatic heterocycles. The lowest BCUT2D eigenvalue weighted by Gasteiger charge is -2.20. The van der Waals surface area contributed by atoms with Crippen LogP contribution in [0.4, 0.5) is 0 Å². The SMILES string of the molecule is Cc1nn(C(C)(C)C)c2nc(C(C)C)cc(C(=O)NCC3=CCNCC3)c12. The van der Waals surface area contributed by atoms with Gasteiger partial charge in [0.2, 0.25) is 0 Å². The van der Waals surface area contributed by atoms with Gasteiger partial charge in [0.15, 0.2) is 5.65 Å². The highest BCUT2D eigenvalue weighted by Crippen LogP contribution is 2.28. The van der Waals surface area contributed by atoms with E-state index in [9.17, 15) is 4.79 Å². The summed E-state index contributed by atoms with van der Waals surface area (Å²) in [6, 6.07) is 1.93. The van der Waals surface area contributed by atoms with Gasteiger partial charge in [-0.15, -0.1) is 0 Å². The van der Waals surface area contributed by atoms with Crippen molar-refractivity contribution in [2.24, 2.45) is 0 Å². The van der Waals surface area contributed by atoms with Gasteiger partial charge in [-0.05, 0) is 52.6 Å². The molecule has 6 nitrogen and oxygen atoms in total. The molecule has 0 fully saturated rings. The molecule has 3 heterocycles. The first kappa shape index (κ1) is 19.5. The summed E-state index contributed by atoms with van der Waals surface area (Å²) in [5.74, 6) is 0.178. The van der Waals surface area contributed by atoms with Crippen molar-refractivity contribution in [1.82, 2.24) is 25.4 Å². The molecule has 1 amide bonds. The highest BCUT2D eigenvalue weighted by Gasteiger charge is 2.25. The van der Waals surface area contributed by atoms with Gasteiger partial charge in [-0.1, -0.05) is 25.5 Å². The highest BCUT2D eigenvalue weighted by atomic mass is 16.1. The van der Waals surface area contributed by atoms with Crippen LogP contribution in [0.5, 0.6) is 0 Å². The number of pyridine rings is 1. The van der Waals surface area contributed by atoms with E-state index in [0.29, 0.717) is 12.1 Å². The fraction of sp³-hybridized carbons (Fsp3) is 0.571. The molecule has 146 valence electrons. The Labute approximate surface area is 161 Å². The molecule has 1 aliphatic heterocycles. The monoisotopic (exact) mass is 369 g/mol. The molecule has 6 heteroatoms. The van der Waals surface area contributed by atoms with Crippen LogP contribution in [0, 0.1) is 6.92 Å². The lowest BCUT2D eigenvalue weighted by Crippen LogP contribution is -2.30. The molecule has 0 bridgehead atoms. The number of amides is 1. The number of rotatable bonds is 4. The van der Waals surface area contributed by atoms with Crippen molar-refractivity contribution in [3.05, 3.63) is 34.7 Å². The highest BCUT2D eigenvalue weighted by molar-refractivity contribution is 6.06. The van der Waals surface area contributed by atoms with Crippen LogP contribution in [0.3, 0.4) is 0 Å². The van der Waals surface area contributed by atoms with Gasteiger partial charge in [0.1, 0.15) is 0 Å². The third-order valence-electron chi connectivity index (χ3n) is 4.94. The third kappa shape index (κ3) is 4.05. The largest absolute Gasteiger partial charge is 0.348 e. The van der Waals surface area contributed by atoms with E-state index in [1.54, 1.807) is 0 Å². The van der Waals surface area contributed by atoms with Gasteiger partial charge in [0, 0.05) is 18.8 Å². The van der Waals surface area contributed by atoms with E-state index >= 15 is 0 Å². The summed E-state index contributed by atoms with van der Waals surface area (Å²) in [6.07, 6.45) is 3.14. The number of aromatic nitrogens is 3. The fourth-order valence-electron chi connectivity index (χ4n) is 3.37. The Bertz CT molecular complexity index is 886. The standard InChI is InChI=1S/C21H31N5O/c1-13(2)17-11-16(20(27)23-12-15-7-9-22-10-8-15)18-14(3)25-26(19(18)24-17)21(4,5)6/h7,11,13,22H,8-10,12H2,1-6H3,(H,23,27). The maximum absolute atomic E-state index is 13.1. The van der Waals surface area contributed by atoms with E-state index in [1.807, 2.05) is 17.7 Å². The zero-order chi connectivity index (χ0) is 19.8. The number of carbonyl (C=O) groups is 1. The summed E-state index contributed by atoms with van der Waals surface area (Å²) in [5.41, 5.74) is 4.29. The first-order valence-electron chi connectivity index (χ1n) is 9.76. The molecule has 2 aromatic rings. The van der Waals surface area contributed by atoms with Crippen molar-refractivity contribution >= 4 is 16.9 Å².